The van der Waals surface area contributed by atoms with Crippen LogP contribution in [0.25, 0.3) is 0 Å². The quantitative estimate of drug-likeness (QED) is 0.577. The summed E-state index contributed by atoms with van der Waals surface area (Å²) in [7, 11) is 5.96. The topological polar surface area (TPSA) is 43.3 Å². The van der Waals surface area contributed by atoms with Gasteiger partial charge in [0.15, 0.2) is 5.96 Å². The van der Waals surface area contributed by atoms with E-state index in [1.807, 2.05) is 19.2 Å². The highest BCUT2D eigenvalue weighted by atomic mass is 16.5. The highest BCUT2D eigenvalue weighted by Gasteiger charge is 2.19. The number of piperazine rings is 1. The van der Waals surface area contributed by atoms with E-state index in [0.717, 1.165) is 51.0 Å². The van der Waals surface area contributed by atoms with E-state index in [-0.39, 0.29) is 0 Å². The van der Waals surface area contributed by atoms with E-state index in [2.05, 4.69) is 81.6 Å². The number of hydrogen-bond acceptors (Lipinski definition) is 4. The van der Waals surface area contributed by atoms with Gasteiger partial charge in [0.1, 0.15) is 12.4 Å². The van der Waals surface area contributed by atoms with Gasteiger partial charge in [0.25, 0.3) is 0 Å². The lowest BCUT2D eigenvalue weighted by atomic mass is 10.2. The summed E-state index contributed by atoms with van der Waals surface area (Å²) in [6.45, 7) is 6.25. The number of para-hydroxylation sites is 1. The zero-order valence-electron chi connectivity index (χ0n) is 17.8. The Hall–Kier alpha value is -2.73. The Morgan fingerprint density at radius 3 is 2.48 bits per heavy atom. The molecule has 0 bridgehead atoms. The summed E-state index contributed by atoms with van der Waals surface area (Å²) in [6, 6.07) is 18.9. The molecule has 0 amide bonds. The first-order valence-corrected chi connectivity index (χ1v) is 10.3. The number of benzene rings is 2. The largest absolute Gasteiger partial charge is 0.492 e. The standard InChI is InChI=1S/C23H33N5O/c1-24-23(28-14-12-27(13-15-28)21-9-5-4-6-10-21)25-19-20-8-7-11-22(18-20)29-17-16-26(2)3/h4-11,18H,12-17,19H2,1-3H3,(H,24,25). The fraction of sp³-hybridized carbons (Fsp3) is 0.435. The van der Waals surface area contributed by atoms with Crippen molar-refractivity contribution in [1.29, 1.82) is 0 Å². The van der Waals surface area contributed by atoms with E-state index in [0.29, 0.717) is 6.61 Å². The minimum absolute atomic E-state index is 0.692. The van der Waals surface area contributed by atoms with Crippen molar-refractivity contribution in [2.75, 3.05) is 65.4 Å². The molecule has 3 rings (SSSR count). The average molecular weight is 396 g/mol. The van der Waals surface area contributed by atoms with Crippen molar-refractivity contribution in [2.24, 2.45) is 4.99 Å². The summed E-state index contributed by atoms with van der Waals surface area (Å²) in [5, 5.41) is 3.51. The van der Waals surface area contributed by atoms with E-state index in [1.165, 1.54) is 11.3 Å². The zero-order chi connectivity index (χ0) is 20.5. The number of likely N-dealkylation sites (N-methyl/N-ethyl adjacent to an activating group) is 1. The molecular formula is C23H33N5O. The zero-order valence-corrected chi connectivity index (χ0v) is 17.8. The smallest absolute Gasteiger partial charge is 0.194 e. The second-order valence-corrected chi connectivity index (χ2v) is 7.51. The number of nitrogens with one attached hydrogen (secondary N) is 1. The van der Waals surface area contributed by atoms with Crippen LogP contribution in [-0.2, 0) is 6.54 Å². The first-order chi connectivity index (χ1) is 14.2. The Kier molecular flexibility index (Phi) is 7.76. The maximum absolute atomic E-state index is 5.85. The Labute approximate surface area is 174 Å². The Balaban J connectivity index is 1.48. The number of rotatable bonds is 7. The minimum atomic E-state index is 0.692. The van der Waals surface area contributed by atoms with Gasteiger partial charge in [0.05, 0.1) is 0 Å². The molecule has 1 aliphatic heterocycles. The van der Waals surface area contributed by atoms with E-state index in [1.54, 1.807) is 0 Å². The SMILES string of the molecule is CN=C(NCc1cccc(OCCN(C)C)c1)N1CCN(c2ccccc2)CC1. The predicted octanol–water partition coefficient (Wildman–Crippen LogP) is 2.52. The summed E-state index contributed by atoms with van der Waals surface area (Å²) in [5.74, 6) is 1.87. The molecule has 6 nitrogen and oxygen atoms in total. The van der Waals surface area contributed by atoms with E-state index in [9.17, 15) is 0 Å². The van der Waals surface area contributed by atoms with E-state index >= 15 is 0 Å². The number of guanidine groups is 1. The van der Waals surface area contributed by atoms with Crippen molar-refractivity contribution in [3.63, 3.8) is 0 Å². The van der Waals surface area contributed by atoms with Crippen LogP contribution in [0, 0.1) is 0 Å². The molecule has 0 aliphatic carbocycles. The molecule has 0 aromatic heterocycles. The molecule has 0 unspecified atom stereocenters. The number of hydrogen-bond donors (Lipinski definition) is 1. The van der Waals surface area contributed by atoms with E-state index < -0.39 is 0 Å². The van der Waals surface area contributed by atoms with Crippen LogP contribution in [0.2, 0.25) is 0 Å². The molecule has 6 heteroatoms. The van der Waals surface area contributed by atoms with Crippen LogP contribution >= 0.6 is 0 Å². The monoisotopic (exact) mass is 395 g/mol. The maximum atomic E-state index is 5.85. The van der Waals surface area contributed by atoms with Crippen molar-refractivity contribution in [3.05, 3.63) is 60.2 Å². The first-order valence-electron chi connectivity index (χ1n) is 10.3. The number of aliphatic imine (C=N–C) groups is 1. The molecule has 1 heterocycles. The third kappa shape index (κ3) is 6.39. The minimum Gasteiger partial charge on any atom is -0.492 e. The molecule has 0 radical (unpaired) electrons. The molecular weight excluding hydrogens is 362 g/mol. The van der Waals surface area contributed by atoms with Crippen LogP contribution in [0.4, 0.5) is 5.69 Å². The summed E-state index contributed by atoms with van der Waals surface area (Å²) < 4.78 is 5.85. The fourth-order valence-corrected chi connectivity index (χ4v) is 3.42. The number of ether oxygens (including phenoxy) is 1. The van der Waals surface area contributed by atoms with Gasteiger partial charge in [-0.2, -0.15) is 0 Å². The Morgan fingerprint density at radius 2 is 1.79 bits per heavy atom. The summed E-state index contributed by atoms with van der Waals surface area (Å²) in [6.07, 6.45) is 0. The van der Waals surface area contributed by atoms with Crippen LogP contribution in [0.15, 0.2) is 59.6 Å². The number of anilines is 1. The summed E-state index contributed by atoms with van der Waals surface area (Å²) >= 11 is 0. The lowest BCUT2D eigenvalue weighted by Crippen LogP contribution is -2.52. The van der Waals surface area contributed by atoms with Gasteiger partial charge in [-0.1, -0.05) is 30.3 Å². The molecule has 2 aromatic rings. The average Bonchev–Trinajstić information content (AvgIpc) is 2.75. The molecule has 1 aliphatic rings. The first kappa shape index (κ1) is 21.0. The van der Waals surface area contributed by atoms with Gasteiger partial charge in [-0.15, -0.1) is 0 Å². The third-order valence-electron chi connectivity index (χ3n) is 5.07. The summed E-state index contributed by atoms with van der Waals surface area (Å²) in [5.41, 5.74) is 2.48. The van der Waals surface area contributed by atoms with Crippen LogP contribution in [0.1, 0.15) is 5.56 Å². The van der Waals surface area contributed by atoms with Crippen molar-refractivity contribution in [2.45, 2.75) is 6.54 Å². The predicted molar refractivity (Wildman–Crippen MR) is 121 cm³/mol. The normalized spacial score (nSPS) is 15.0. The van der Waals surface area contributed by atoms with Crippen molar-refractivity contribution >= 4 is 11.6 Å². The molecule has 1 N–H and O–H groups in total. The number of nitrogens with zero attached hydrogens (tertiary/aromatic N) is 4. The van der Waals surface area contributed by atoms with Crippen LogP contribution in [0.5, 0.6) is 5.75 Å². The molecule has 1 saturated heterocycles. The lowest BCUT2D eigenvalue weighted by Gasteiger charge is -2.37. The molecule has 0 spiro atoms. The second kappa shape index (κ2) is 10.7. The van der Waals surface area contributed by atoms with Gasteiger partial charge in [-0.3, -0.25) is 4.99 Å². The van der Waals surface area contributed by atoms with Gasteiger partial charge < -0.3 is 24.8 Å². The van der Waals surface area contributed by atoms with Crippen LogP contribution < -0.4 is 15.0 Å². The van der Waals surface area contributed by atoms with Crippen LogP contribution in [-0.4, -0.2) is 76.2 Å². The highest BCUT2D eigenvalue weighted by Crippen LogP contribution is 2.16. The van der Waals surface area contributed by atoms with Crippen molar-refractivity contribution in [1.82, 2.24) is 15.1 Å². The van der Waals surface area contributed by atoms with E-state index in [4.69, 9.17) is 4.74 Å². The molecule has 0 atom stereocenters. The molecule has 29 heavy (non-hydrogen) atoms. The third-order valence-corrected chi connectivity index (χ3v) is 5.07. The van der Waals surface area contributed by atoms with Gasteiger partial charge >= 0.3 is 0 Å². The molecule has 156 valence electrons. The lowest BCUT2D eigenvalue weighted by molar-refractivity contribution is 0.261. The van der Waals surface area contributed by atoms with Gasteiger partial charge in [0, 0.05) is 52.0 Å². The molecule has 1 fully saturated rings. The molecule has 2 aromatic carbocycles. The molecule has 0 saturated carbocycles. The van der Waals surface area contributed by atoms with Gasteiger partial charge in [-0.05, 0) is 43.9 Å². The highest BCUT2D eigenvalue weighted by molar-refractivity contribution is 5.80. The maximum Gasteiger partial charge on any atom is 0.194 e. The van der Waals surface area contributed by atoms with Gasteiger partial charge in [-0.25, -0.2) is 0 Å². The second-order valence-electron chi connectivity index (χ2n) is 7.51. The van der Waals surface area contributed by atoms with Crippen LogP contribution in [0.3, 0.4) is 0 Å². The Bertz CT molecular complexity index is 770. The fourth-order valence-electron chi connectivity index (χ4n) is 3.42. The summed E-state index contributed by atoms with van der Waals surface area (Å²) in [4.78, 5) is 11.4. The van der Waals surface area contributed by atoms with Crippen molar-refractivity contribution < 1.29 is 4.74 Å². The van der Waals surface area contributed by atoms with Gasteiger partial charge in [0.2, 0.25) is 0 Å². The Morgan fingerprint density at radius 1 is 1.03 bits per heavy atom. The van der Waals surface area contributed by atoms with Crippen molar-refractivity contribution in [3.8, 4) is 5.75 Å².